The summed E-state index contributed by atoms with van der Waals surface area (Å²) in [7, 11) is -6.80. The molecule has 0 aromatic heterocycles. The SMILES string of the molecule is CS(=O)(=O)CCNC(=O)CCc1ccc(S(N)(=O)=O)cc1. The van der Waals surface area contributed by atoms with Crippen LogP contribution < -0.4 is 10.5 Å². The Morgan fingerprint density at radius 3 is 2.19 bits per heavy atom. The third kappa shape index (κ3) is 7.21. The lowest BCUT2D eigenvalue weighted by Crippen LogP contribution is -2.28. The van der Waals surface area contributed by atoms with Crippen molar-refractivity contribution in [3.63, 3.8) is 0 Å². The molecule has 7 nitrogen and oxygen atoms in total. The lowest BCUT2D eigenvalue weighted by molar-refractivity contribution is -0.120. The van der Waals surface area contributed by atoms with Crippen LogP contribution >= 0.6 is 0 Å². The van der Waals surface area contributed by atoms with Crippen LogP contribution in [0.1, 0.15) is 12.0 Å². The van der Waals surface area contributed by atoms with Gasteiger partial charge in [-0.3, -0.25) is 4.79 Å². The maximum Gasteiger partial charge on any atom is 0.238 e. The van der Waals surface area contributed by atoms with Crippen LogP contribution in [-0.4, -0.2) is 41.3 Å². The quantitative estimate of drug-likeness (QED) is 0.691. The topological polar surface area (TPSA) is 123 Å². The number of nitrogens with one attached hydrogen (secondary N) is 1. The lowest BCUT2D eigenvalue weighted by Gasteiger charge is -2.05. The summed E-state index contributed by atoms with van der Waals surface area (Å²) < 4.78 is 43.9. The Balaban J connectivity index is 2.43. The zero-order chi connectivity index (χ0) is 16.1. The molecular formula is C12H18N2O5S2. The van der Waals surface area contributed by atoms with Crippen LogP contribution in [0, 0.1) is 0 Å². The molecule has 0 aliphatic rings. The fourth-order valence-electron chi connectivity index (χ4n) is 1.57. The van der Waals surface area contributed by atoms with Crippen molar-refractivity contribution in [2.24, 2.45) is 5.14 Å². The summed E-state index contributed by atoms with van der Waals surface area (Å²) in [6.07, 6.45) is 1.72. The van der Waals surface area contributed by atoms with E-state index in [-0.39, 0.29) is 29.5 Å². The number of hydrogen-bond acceptors (Lipinski definition) is 5. The number of amides is 1. The molecule has 21 heavy (non-hydrogen) atoms. The van der Waals surface area contributed by atoms with Gasteiger partial charge in [0.2, 0.25) is 15.9 Å². The van der Waals surface area contributed by atoms with Crippen molar-refractivity contribution in [3.05, 3.63) is 29.8 Å². The Labute approximate surface area is 124 Å². The standard InChI is InChI=1S/C12H18N2O5S2/c1-20(16,17)9-8-14-12(15)7-4-10-2-5-11(6-3-10)21(13,18)19/h2-3,5-6H,4,7-9H2,1H3,(H,14,15)(H2,13,18,19). The van der Waals surface area contributed by atoms with Gasteiger partial charge in [-0.05, 0) is 24.1 Å². The Kier molecular flexibility index (Phi) is 5.87. The molecule has 1 aromatic rings. The van der Waals surface area contributed by atoms with E-state index in [0.29, 0.717) is 6.42 Å². The highest BCUT2D eigenvalue weighted by Crippen LogP contribution is 2.10. The molecule has 3 N–H and O–H groups in total. The maximum atomic E-state index is 11.5. The first kappa shape index (κ1) is 17.6. The molecule has 1 aromatic carbocycles. The van der Waals surface area contributed by atoms with E-state index in [2.05, 4.69) is 5.32 Å². The molecule has 0 unspecified atom stereocenters. The van der Waals surface area contributed by atoms with E-state index in [0.717, 1.165) is 11.8 Å². The summed E-state index contributed by atoms with van der Waals surface area (Å²) in [5.74, 6) is -0.351. The molecule has 0 aliphatic heterocycles. The molecule has 0 atom stereocenters. The van der Waals surface area contributed by atoms with E-state index in [1.54, 1.807) is 12.1 Å². The number of sulfone groups is 1. The van der Waals surface area contributed by atoms with Crippen molar-refractivity contribution >= 4 is 25.8 Å². The number of rotatable bonds is 7. The molecule has 0 saturated heterocycles. The van der Waals surface area contributed by atoms with E-state index < -0.39 is 19.9 Å². The molecule has 0 aliphatic carbocycles. The zero-order valence-corrected chi connectivity index (χ0v) is 13.2. The van der Waals surface area contributed by atoms with Gasteiger partial charge in [0.25, 0.3) is 0 Å². The van der Waals surface area contributed by atoms with Crippen molar-refractivity contribution in [1.29, 1.82) is 0 Å². The van der Waals surface area contributed by atoms with Gasteiger partial charge in [0.1, 0.15) is 9.84 Å². The van der Waals surface area contributed by atoms with E-state index in [1.807, 2.05) is 0 Å². The Bertz CT molecular complexity index is 694. The maximum absolute atomic E-state index is 11.5. The molecule has 1 rings (SSSR count). The number of carbonyl (C=O) groups is 1. The van der Waals surface area contributed by atoms with Crippen LogP contribution in [0.15, 0.2) is 29.2 Å². The highest BCUT2D eigenvalue weighted by atomic mass is 32.2. The Morgan fingerprint density at radius 2 is 1.71 bits per heavy atom. The summed E-state index contributed by atoms with van der Waals surface area (Å²) in [5, 5.41) is 7.49. The summed E-state index contributed by atoms with van der Waals surface area (Å²) in [5.41, 5.74) is 0.792. The number of sulfonamides is 1. The second kappa shape index (κ2) is 7.01. The molecule has 0 spiro atoms. The van der Waals surface area contributed by atoms with Crippen molar-refractivity contribution < 1.29 is 21.6 Å². The predicted octanol–water partition coefficient (Wildman–Crippen LogP) is -0.573. The third-order valence-corrected chi connectivity index (χ3v) is 4.56. The number of primary sulfonamides is 1. The van der Waals surface area contributed by atoms with E-state index >= 15 is 0 Å². The van der Waals surface area contributed by atoms with Crippen LogP contribution in [0.3, 0.4) is 0 Å². The van der Waals surface area contributed by atoms with Crippen molar-refractivity contribution in [2.45, 2.75) is 17.7 Å². The number of carbonyl (C=O) groups excluding carboxylic acids is 1. The van der Waals surface area contributed by atoms with Crippen LogP contribution in [0.25, 0.3) is 0 Å². The smallest absolute Gasteiger partial charge is 0.238 e. The van der Waals surface area contributed by atoms with Crippen molar-refractivity contribution in [1.82, 2.24) is 5.32 Å². The Hall–Kier alpha value is -1.45. The van der Waals surface area contributed by atoms with Gasteiger partial charge >= 0.3 is 0 Å². The average molecular weight is 334 g/mol. The highest BCUT2D eigenvalue weighted by molar-refractivity contribution is 7.90. The van der Waals surface area contributed by atoms with Gasteiger partial charge in [-0.15, -0.1) is 0 Å². The van der Waals surface area contributed by atoms with Crippen LogP contribution in [-0.2, 0) is 31.1 Å². The summed E-state index contributed by atoms with van der Waals surface area (Å²) >= 11 is 0. The minimum atomic E-state index is -3.71. The van der Waals surface area contributed by atoms with Gasteiger partial charge < -0.3 is 5.32 Å². The second-order valence-corrected chi connectivity index (χ2v) is 8.49. The van der Waals surface area contributed by atoms with Crippen LogP contribution in [0.5, 0.6) is 0 Å². The van der Waals surface area contributed by atoms with Crippen molar-refractivity contribution in [3.8, 4) is 0 Å². The molecule has 0 radical (unpaired) electrons. The molecule has 0 bridgehead atoms. The highest BCUT2D eigenvalue weighted by Gasteiger charge is 2.08. The first-order valence-corrected chi connectivity index (χ1v) is 9.75. The van der Waals surface area contributed by atoms with E-state index in [4.69, 9.17) is 5.14 Å². The Morgan fingerprint density at radius 1 is 1.14 bits per heavy atom. The molecule has 118 valence electrons. The van der Waals surface area contributed by atoms with E-state index in [9.17, 15) is 21.6 Å². The van der Waals surface area contributed by atoms with Gasteiger partial charge in [0, 0.05) is 19.2 Å². The molecule has 0 saturated carbocycles. The first-order chi connectivity index (χ1) is 9.58. The molecule has 0 fully saturated rings. The summed E-state index contributed by atoms with van der Waals surface area (Å²) in [6, 6.07) is 5.94. The lowest BCUT2D eigenvalue weighted by atomic mass is 10.1. The van der Waals surface area contributed by atoms with Gasteiger partial charge in [-0.2, -0.15) is 0 Å². The van der Waals surface area contributed by atoms with Gasteiger partial charge in [-0.1, -0.05) is 12.1 Å². The predicted molar refractivity (Wildman–Crippen MR) is 78.9 cm³/mol. The monoisotopic (exact) mass is 334 g/mol. The van der Waals surface area contributed by atoms with E-state index in [1.165, 1.54) is 12.1 Å². The normalized spacial score (nSPS) is 12.1. The number of aryl methyl sites for hydroxylation is 1. The largest absolute Gasteiger partial charge is 0.355 e. The number of hydrogen-bond donors (Lipinski definition) is 2. The van der Waals surface area contributed by atoms with Gasteiger partial charge in [-0.25, -0.2) is 22.0 Å². The van der Waals surface area contributed by atoms with Gasteiger partial charge in [0.15, 0.2) is 0 Å². The molecule has 1 amide bonds. The second-order valence-electron chi connectivity index (χ2n) is 4.67. The zero-order valence-electron chi connectivity index (χ0n) is 11.6. The molecular weight excluding hydrogens is 316 g/mol. The number of benzene rings is 1. The summed E-state index contributed by atoms with van der Waals surface area (Å²) in [4.78, 5) is 11.5. The van der Waals surface area contributed by atoms with Crippen LogP contribution in [0.4, 0.5) is 0 Å². The molecule has 9 heteroatoms. The van der Waals surface area contributed by atoms with Crippen LogP contribution in [0.2, 0.25) is 0 Å². The molecule has 0 heterocycles. The minimum Gasteiger partial charge on any atom is -0.355 e. The average Bonchev–Trinajstić information content (AvgIpc) is 2.34. The van der Waals surface area contributed by atoms with Gasteiger partial charge in [0.05, 0.1) is 10.6 Å². The third-order valence-electron chi connectivity index (χ3n) is 2.69. The number of nitrogens with two attached hydrogens (primary N) is 1. The fraction of sp³-hybridized carbons (Fsp3) is 0.417. The fourth-order valence-corrected chi connectivity index (χ4v) is 2.56. The minimum absolute atomic E-state index is 0.0175. The summed E-state index contributed by atoms with van der Waals surface area (Å²) in [6.45, 7) is 0.0853. The first-order valence-electron chi connectivity index (χ1n) is 6.14. The van der Waals surface area contributed by atoms with Crippen molar-refractivity contribution in [2.75, 3.05) is 18.6 Å².